The van der Waals surface area contributed by atoms with Crippen molar-refractivity contribution in [2.45, 2.75) is 65.0 Å². The molecule has 1 saturated heterocycles. The number of nitrogens with one attached hydrogen (secondary N) is 2. The Morgan fingerprint density at radius 1 is 1.08 bits per heavy atom. The van der Waals surface area contributed by atoms with Crippen LogP contribution in [0.5, 0.6) is 0 Å². The molecule has 3 rings (SSSR count). The van der Waals surface area contributed by atoms with Crippen LogP contribution in [0.2, 0.25) is 0 Å². The van der Waals surface area contributed by atoms with Gasteiger partial charge in [-0.3, -0.25) is 4.79 Å². The quantitative estimate of drug-likeness (QED) is 0.875. The van der Waals surface area contributed by atoms with Crippen LogP contribution < -0.4 is 10.2 Å². The zero-order chi connectivity index (χ0) is 17.1. The molecule has 0 bridgehead atoms. The normalized spacial score (nSPS) is 29.4. The summed E-state index contributed by atoms with van der Waals surface area (Å²) in [7, 11) is 0. The molecule has 3 heteroatoms. The molecule has 2 aliphatic rings. The Morgan fingerprint density at radius 3 is 2.25 bits per heavy atom. The van der Waals surface area contributed by atoms with Crippen LogP contribution >= 0.6 is 0 Å². The van der Waals surface area contributed by atoms with Crippen LogP contribution in [0.25, 0.3) is 0 Å². The molecule has 3 nitrogen and oxygen atoms in total. The molecular formula is C21H33N2O+. The van der Waals surface area contributed by atoms with Crippen molar-refractivity contribution in [1.29, 1.82) is 0 Å². The van der Waals surface area contributed by atoms with E-state index in [1.165, 1.54) is 35.3 Å². The smallest absolute Gasteiger partial charge is 0.283 e. The summed E-state index contributed by atoms with van der Waals surface area (Å²) >= 11 is 0. The number of amides is 1. The van der Waals surface area contributed by atoms with Crippen molar-refractivity contribution in [2.75, 3.05) is 13.1 Å². The average Bonchev–Trinajstić information content (AvgIpc) is 3.01. The molecule has 0 aromatic heterocycles. The van der Waals surface area contributed by atoms with E-state index in [1.54, 1.807) is 0 Å². The van der Waals surface area contributed by atoms with Crippen LogP contribution in [-0.4, -0.2) is 25.0 Å². The van der Waals surface area contributed by atoms with Crippen LogP contribution in [0, 0.1) is 18.8 Å². The fourth-order valence-electron chi connectivity index (χ4n) is 4.75. The summed E-state index contributed by atoms with van der Waals surface area (Å²) in [6.45, 7) is 8.96. The SMILES string of the molecule is Cc1ccc(C(C(=O)NC2CCCC2)[NH+]2CC(C)CC(C)C2)cc1. The van der Waals surface area contributed by atoms with E-state index < -0.39 is 0 Å². The number of carbonyl (C=O) groups excluding carboxylic acids is 1. The summed E-state index contributed by atoms with van der Waals surface area (Å²) in [5.74, 6) is 1.62. The largest absolute Gasteiger partial charge is 0.348 e. The Balaban J connectivity index is 1.82. The van der Waals surface area contributed by atoms with Crippen LogP contribution in [0.15, 0.2) is 24.3 Å². The molecule has 1 amide bonds. The first-order valence-electron chi connectivity index (χ1n) is 9.74. The van der Waals surface area contributed by atoms with Crippen molar-refractivity contribution < 1.29 is 9.69 Å². The number of quaternary nitrogens is 1. The molecule has 2 fully saturated rings. The van der Waals surface area contributed by atoms with Crippen molar-refractivity contribution in [3.05, 3.63) is 35.4 Å². The van der Waals surface area contributed by atoms with Crippen molar-refractivity contribution in [1.82, 2.24) is 5.32 Å². The zero-order valence-electron chi connectivity index (χ0n) is 15.5. The number of benzene rings is 1. The van der Waals surface area contributed by atoms with Crippen molar-refractivity contribution in [3.63, 3.8) is 0 Å². The summed E-state index contributed by atoms with van der Waals surface area (Å²) in [6, 6.07) is 8.93. The number of likely N-dealkylation sites (tertiary alicyclic amines) is 1. The maximum Gasteiger partial charge on any atom is 0.283 e. The molecule has 24 heavy (non-hydrogen) atoms. The second kappa shape index (κ2) is 7.69. The molecule has 1 aliphatic heterocycles. The molecule has 1 aliphatic carbocycles. The molecule has 132 valence electrons. The molecule has 3 atom stereocenters. The van der Waals surface area contributed by atoms with Gasteiger partial charge in [-0.05, 0) is 26.2 Å². The number of aryl methyl sites for hydroxylation is 1. The minimum atomic E-state index is -0.0589. The lowest BCUT2D eigenvalue weighted by molar-refractivity contribution is -0.933. The number of piperidine rings is 1. The van der Waals surface area contributed by atoms with Gasteiger partial charge in [0.1, 0.15) is 0 Å². The van der Waals surface area contributed by atoms with E-state index in [2.05, 4.69) is 50.4 Å². The molecule has 1 saturated carbocycles. The van der Waals surface area contributed by atoms with E-state index in [0.717, 1.165) is 25.9 Å². The third kappa shape index (κ3) is 4.18. The first-order chi connectivity index (χ1) is 11.5. The highest BCUT2D eigenvalue weighted by Crippen LogP contribution is 2.21. The van der Waals surface area contributed by atoms with Gasteiger partial charge in [-0.25, -0.2) is 0 Å². The van der Waals surface area contributed by atoms with Gasteiger partial charge in [-0.2, -0.15) is 0 Å². The molecule has 0 radical (unpaired) electrons. The predicted octanol–water partition coefficient (Wildman–Crippen LogP) is 2.66. The van der Waals surface area contributed by atoms with Crippen LogP contribution in [0.4, 0.5) is 0 Å². The summed E-state index contributed by atoms with van der Waals surface area (Å²) in [4.78, 5) is 14.6. The van der Waals surface area contributed by atoms with E-state index in [4.69, 9.17) is 0 Å². The predicted molar refractivity (Wildman–Crippen MR) is 98.0 cm³/mol. The van der Waals surface area contributed by atoms with E-state index >= 15 is 0 Å². The fraction of sp³-hybridized carbons (Fsp3) is 0.667. The van der Waals surface area contributed by atoms with Crippen molar-refractivity contribution in [3.8, 4) is 0 Å². The first kappa shape index (κ1) is 17.5. The van der Waals surface area contributed by atoms with E-state index in [0.29, 0.717) is 17.9 Å². The second-order valence-electron chi connectivity index (χ2n) is 8.35. The van der Waals surface area contributed by atoms with Gasteiger partial charge < -0.3 is 10.2 Å². The third-order valence-electron chi connectivity index (χ3n) is 5.81. The lowest BCUT2D eigenvalue weighted by Gasteiger charge is -2.37. The molecule has 1 aromatic rings. The maximum absolute atomic E-state index is 13.2. The van der Waals surface area contributed by atoms with Gasteiger partial charge in [0.05, 0.1) is 13.1 Å². The van der Waals surface area contributed by atoms with Gasteiger partial charge in [-0.15, -0.1) is 0 Å². The number of hydrogen-bond donors (Lipinski definition) is 2. The van der Waals surface area contributed by atoms with E-state index in [9.17, 15) is 4.79 Å². The number of rotatable bonds is 4. The van der Waals surface area contributed by atoms with Crippen molar-refractivity contribution >= 4 is 5.91 Å². The molecule has 2 N–H and O–H groups in total. The standard InChI is InChI=1S/C21H32N2O/c1-15-8-10-18(11-9-15)20(21(24)22-19-6-4-5-7-19)23-13-16(2)12-17(3)14-23/h8-11,16-17,19-20H,4-7,12-14H2,1-3H3,(H,22,24)/p+1. The lowest BCUT2D eigenvalue weighted by atomic mass is 9.89. The Labute approximate surface area is 146 Å². The van der Waals surface area contributed by atoms with Gasteiger partial charge in [-0.1, -0.05) is 56.5 Å². The highest BCUT2D eigenvalue weighted by Gasteiger charge is 2.37. The minimum Gasteiger partial charge on any atom is -0.348 e. The van der Waals surface area contributed by atoms with Gasteiger partial charge in [0, 0.05) is 23.4 Å². The van der Waals surface area contributed by atoms with Gasteiger partial charge in [0.2, 0.25) is 0 Å². The zero-order valence-corrected chi connectivity index (χ0v) is 15.5. The minimum absolute atomic E-state index is 0.0589. The Morgan fingerprint density at radius 2 is 1.67 bits per heavy atom. The topological polar surface area (TPSA) is 33.5 Å². The number of carbonyl (C=O) groups is 1. The highest BCUT2D eigenvalue weighted by atomic mass is 16.2. The average molecular weight is 330 g/mol. The van der Waals surface area contributed by atoms with Gasteiger partial charge in [0.25, 0.3) is 5.91 Å². The summed E-state index contributed by atoms with van der Waals surface area (Å²) < 4.78 is 0. The third-order valence-corrected chi connectivity index (χ3v) is 5.81. The molecule has 1 aromatic carbocycles. The fourth-order valence-corrected chi connectivity index (χ4v) is 4.75. The molecule has 0 spiro atoms. The number of hydrogen-bond acceptors (Lipinski definition) is 1. The summed E-state index contributed by atoms with van der Waals surface area (Å²) in [5.41, 5.74) is 2.43. The van der Waals surface area contributed by atoms with E-state index in [-0.39, 0.29) is 11.9 Å². The van der Waals surface area contributed by atoms with E-state index in [1.807, 2.05) is 0 Å². The van der Waals surface area contributed by atoms with Crippen LogP contribution in [0.1, 0.15) is 63.1 Å². The van der Waals surface area contributed by atoms with Gasteiger partial charge in [0.15, 0.2) is 6.04 Å². The Hall–Kier alpha value is -1.35. The van der Waals surface area contributed by atoms with Crippen LogP contribution in [0.3, 0.4) is 0 Å². The summed E-state index contributed by atoms with van der Waals surface area (Å²) in [6.07, 6.45) is 6.09. The van der Waals surface area contributed by atoms with Crippen LogP contribution in [-0.2, 0) is 4.79 Å². The summed E-state index contributed by atoms with van der Waals surface area (Å²) in [5, 5.41) is 3.36. The Kier molecular flexibility index (Phi) is 5.60. The van der Waals surface area contributed by atoms with Gasteiger partial charge >= 0.3 is 0 Å². The lowest BCUT2D eigenvalue weighted by Crippen LogP contribution is -3.15. The molecule has 3 unspecified atom stereocenters. The second-order valence-corrected chi connectivity index (χ2v) is 8.35. The first-order valence-corrected chi connectivity index (χ1v) is 9.74. The maximum atomic E-state index is 13.2. The molecular weight excluding hydrogens is 296 g/mol. The Bertz CT molecular complexity index is 537. The monoisotopic (exact) mass is 329 g/mol. The highest BCUT2D eigenvalue weighted by molar-refractivity contribution is 5.82. The molecule has 1 heterocycles. The van der Waals surface area contributed by atoms with Crippen molar-refractivity contribution in [2.24, 2.45) is 11.8 Å².